The monoisotopic (exact) mass is 204 g/mol. The number of hydrogen-bond donors (Lipinski definition) is 1. The van der Waals surface area contributed by atoms with E-state index in [1.165, 1.54) is 11.1 Å². The number of H-pyrrole nitrogens is 1. The molecule has 2 rings (SSSR count). The van der Waals surface area contributed by atoms with Crippen LogP contribution in [0.5, 0.6) is 0 Å². The summed E-state index contributed by atoms with van der Waals surface area (Å²) in [5, 5.41) is 6.88. The molecule has 0 spiro atoms. The van der Waals surface area contributed by atoms with Crippen molar-refractivity contribution in [2.75, 3.05) is 0 Å². The maximum Gasteiger partial charge on any atom is 0.238 e. The van der Waals surface area contributed by atoms with Gasteiger partial charge in [-0.3, -0.25) is 5.10 Å². The summed E-state index contributed by atoms with van der Waals surface area (Å²) in [7, 11) is 0. The lowest BCUT2D eigenvalue weighted by atomic mass is 10.2. The highest BCUT2D eigenvalue weighted by Gasteiger charge is 1.88. The van der Waals surface area contributed by atoms with Gasteiger partial charge in [-0.15, -0.1) is 4.79 Å². The number of rotatable bonds is 2. The van der Waals surface area contributed by atoms with Crippen LogP contribution in [0.4, 0.5) is 0 Å². The van der Waals surface area contributed by atoms with E-state index in [4.69, 9.17) is 12.2 Å². The van der Waals surface area contributed by atoms with Gasteiger partial charge < -0.3 is 0 Å². The fourth-order valence-electron chi connectivity index (χ4n) is 0.995. The zero-order valence-corrected chi connectivity index (χ0v) is 8.11. The van der Waals surface area contributed by atoms with Gasteiger partial charge in [0.25, 0.3) is 0 Å². The molecule has 1 N–H and O–H groups in total. The van der Waals surface area contributed by atoms with Gasteiger partial charge in [0, 0.05) is 0 Å². The van der Waals surface area contributed by atoms with Crippen LogP contribution in [0.15, 0.2) is 41.8 Å². The largest absolute Gasteiger partial charge is 0.265 e. The van der Waals surface area contributed by atoms with Crippen molar-refractivity contribution in [2.24, 2.45) is 5.10 Å². The summed E-state index contributed by atoms with van der Waals surface area (Å²) in [5.41, 5.74) is 1.02. The molecule has 0 saturated carbocycles. The second-order valence-corrected chi connectivity index (χ2v) is 3.00. The second kappa shape index (κ2) is 3.97. The van der Waals surface area contributed by atoms with Gasteiger partial charge in [0.1, 0.15) is 6.33 Å². The summed E-state index contributed by atoms with van der Waals surface area (Å²) >= 11 is 4.91. The van der Waals surface area contributed by atoms with Crippen LogP contribution >= 0.6 is 12.2 Å². The minimum Gasteiger partial charge on any atom is -0.265 e. The summed E-state index contributed by atoms with van der Waals surface area (Å²) < 4.78 is 0.414. The molecular weight excluding hydrogens is 196 g/mol. The first-order valence-electron chi connectivity index (χ1n) is 4.08. The van der Waals surface area contributed by atoms with Crippen molar-refractivity contribution in [3.8, 4) is 0 Å². The highest BCUT2D eigenvalue weighted by Crippen LogP contribution is 1.94. The SMILES string of the molecule is S=c1nc[nH]n1/N=C/c1ccccc1. The molecule has 5 heteroatoms. The van der Waals surface area contributed by atoms with E-state index >= 15 is 0 Å². The van der Waals surface area contributed by atoms with Crippen LogP contribution in [0.1, 0.15) is 5.56 Å². The second-order valence-electron chi connectivity index (χ2n) is 2.64. The molecule has 0 radical (unpaired) electrons. The Balaban J connectivity index is 2.24. The number of nitrogens with zero attached hydrogens (tertiary/aromatic N) is 3. The maximum absolute atomic E-state index is 4.91. The quantitative estimate of drug-likeness (QED) is 0.599. The standard InChI is InChI=1S/C9H8N4S/c14-9-10-7-12-13(9)11-6-8-4-2-1-3-5-8/h1-7H,(H,10,12,14)/b11-6+. The number of hydrogen-bond acceptors (Lipinski definition) is 3. The molecule has 0 atom stereocenters. The van der Waals surface area contributed by atoms with E-state index in [2.05, 4.69) is 15.2 Å². The Morgan fingerprint density at radius 2 is 2.14 bits per heavy atom. The Morgan fingerprint density at radius 1 is 1.36 bits per heavy atom. The third kappa shape index (κ3) is 1.94. The molecular formula is C9H8N4S. The molecule has 0 aliphatic heterocycles. The molecule has 70 valence electrons. The van der Waals surface area contributed by atoms with Gasteiger partial charge in [-0.05, 0) is 17.8 Å². The third-order valence-electron chi connectivity index (χ3n) is 1.66. The van der Waals surface area contributed by atoms with Crippen molar-refractivity contribution in [2.45, 2.75) is 0 Å². The molecule has 2 aromatic rings. The molecule has 0 aliphatic carbocycles. The van der Waals surface area contributed by atoms with Crippen molar-refractivity contribution in [3.05, 3.63) is 47.0 Å². The molecule has 0 amide bonds. The molecule has 14 heavy (non-hydrogen) atoms. The van der Waals surface area contributed by atoms with E-state index in [-0.39, 0.29) is 0 Å². The summed E-state index contributed by atoms with van der Waals surface area (Å²) in [6.07, 6.45) is 3.22. The van der Waals surface area contributed by atoms with Gasteiger partial charge >= 0.3 is 0 Å². The lowest BCUT2D eigenvalue weighted by Crippen LogP contribution is -1.92. The summed E-state index contributed by atoms with van der Waals surface area (Å²) in [5.74, 6) is 0. The first-order chi connectivity index (χ1) is 6.86. The molecule has 1 aromatic carbocycles. The molecule has 0 saturated heterocycles. The van der Waals surface area contributed by atoms with Crippen LogP contribution in [-0.4, -0.2) is 21.1 Å². The van der Waals surface area contributed by atoms with E-state index < -0.39 is 0 Å². The number of aromatic nitrogens is 3. The number of benzene rings is 1. The van der Waals surface area contributed by atoms with Gasteiger partial charge in [0.15, 0.2) is 0 Å². The summed E-state index contributed by atoms with van der Waals surface area (Å²) in [4.78, 5) is 5.27. The van der Waals surface area contributed by atoms with Crippen molar-refractivity contribution in [1.82, 2.24) is 14.9 Å². The molecule has 0 unspecified atom stereocenters. The molecule has 0 aliphatic rings. The van der Waals surface area contributed by atoms with Gasteiger partial charge in [-0.1, -0.05) is 30.3 Å². The zero-order valence-electron chi connectivity index (χ0n) is 7.29. The predicted octanol–water partition coefficient (Wildman–Crippen LogP) is 1.82. The van der Waals surface area contributed by atoms with E-state index in [1.54, 1.807) is 6.21 Å². The van der Waals surface area contributed by atoms with Crippen molar-refractivity contribution in [3.63, 3.8) is 0 Å². The Hall–Kier alpha value is -1.75. The van der Waals surface area contributed by atoms with Gasteiger partial charge in [-0.2, -0.15) is 5.10 Å². The Morgan fingerprint density at radius 3 is 2.79 bits per heavy atom. The third-order valence-corrected chi connectivity index (χ3v) is 1.94. The first kappa shape index (κ1) is 8.83. The van der Waals surface area contributed by atoms with E-state index in [0.717, 1.165) is 5.56 Å². The van der Waals surface area contributed by atoms with E-state index in [9.17, 15) is 0 Å². The van der Waals surface area contributed by atoms with Crippen LogP contribution in [0.2, 0.25) is 0 Å². The van der Waals surface area contributed by atoms with E-state index in [0.29, 0.717) is 4.77 Å². The molecule has 1 heterocycles. The number of aromatic amines is 1. The maximum atomic E-state index is 4.91. The van der Waals surface area contributed by atoms with Gasteiger partial charge in [0.05, 0.1) is 6.21 Å². The summed E-state index contributed by atoms with van der Waals surface area (Å²) in [6, 6.07) is 9.79. The van der Waals surface area contributed by atoms with Crippen LogP contribution in [-0.2, 0) is 0 Å². The zero-order chi connectivity index (χ0) is 9.80. The fraction of sp³-hybridized carbons (Fsp3) is 0. The smallest absolute Gasteiger partial charge is 0.238 e. The predicted molar refractivity (Wildman–Crippen MR) is 56.8 cm³/mol. The van der Waals surface area contributed by atoms with Gasteiger partial charge in [0.2, 0.25) is 4.77 Å². The Bertz CT molecular complexity index is 483. The van der Waals surface area contributed by atoms with Crippen LogP contribution < -0.4 is 0 Å². The van der Waals surface area contributed by atoms with Crippen LogP contribution in [0, 0.1) is 4.77 Å². The van der Waals surface area contributed by atoms with E-state index in [1.807, 2.05) is 30.3 Å². The van der Waals surface area contributed by atoms with Crippen molar-refractivity contribution >= 4 is 18.4 Å². The fourth-order valence-corrected chi connectivity index (χ4v) is 1.15. The van der Waals surface area contributed by atoms with Crippen LogP contribution in [0.25, 0.3) is 0 Å². The first-order valence-corrected chi connectivity index (χ1v) is 4.49. The molecule has 0 fully saturated rings. The molecule has 0 bridgehead atoms. The van der Waals surface area contributed by atoms with Gasteiger partial charge in [-0.25, -0.2) is 4.98 Å². The van der Waals surface area contributed by atoms with Crippen molar-refractivity contribution in [1.29, 1.82) is 0 Å². The average molecular weight is 204 g/mol. The highest BCUT2D eigenvalue weighted by atomic mass is 32.1. The topological polar surface area (TPSA) is 46.0 Å². The summed E-state index contributed by atoms with van der Waals surface area (Å²) in [6.45, 7) is 0. The van der Waals surface area contributed by atoms with Crippen molar-refractivity contribution < 1.29 is 0 Å². The Labute approximate surface area is 85.9 Å². The van der Waals surface area contributed by atoms with Crippen LogP contribution in [0.3, 0.4) is 0 Å². The lowest BCUT2D eigenvalue weighted by Gasteiger charge is -1.91. The number of nitrogens with one attached hydrogen (secondary N) is 1. The lowest BCUT2D eigenvalue weighted by molar-refractivity contribution is 0.732. The average Bonchev–Trinajstić information content (AvgIpc) is 2.63. The highest BCUT2D eigenvalue weighted by molar-refractivity contribution is 7.71. The normalized spacial score (nSPS) is 10.9. The molecule has 4 nitrogen and oxygen atoms in total. The molecule has 1 aromatic heterocycles. The minimum atomic E-state index is 0.414. The Kier molecular flexibility index (Phi) is 2.51. The minimum absolute atomic E-state index is 0.414.